The Hall–Kier alpha value is -0.730. The third kappa shape index (κ3) is 3.56. The van der Waals surface area contributed by atoms with Crippen LogP contribution in [0.25, 0.3) is 0 Å². The maximum Gasteiger partial charge on any atom is 0.120 e. The van der Waals surface area contributed by atoms with Gasteiger partial charge in [0.05, 0.1) is 13.2 Å². The van der Waals surface area contributed by atoms with Crippen LogP contribution in [0.15, 0.2) is 24.3 Å². The molecule has 0 unspecified atom stereocenters. The molecule has 78 valence electrons. The molecule has 0 amide bonds. The SMILES string of the molecule is CC(C)(CO)COc1cccc(Cl)c1. The zero-order valence-corrected chi connectivity index (χ0v) is 9.21. The van der Waals surface area contributed by atoms with E-state index in [1.54, 1.807) is 12.1 Å². The van der Waals surface area contributed by atoms with Gasteiger partial charge in [-0.25, -0.2) is 0 Å². The predicted molar refractivity (Wildman–Crippen MR) is 57.8 cm³/mol. The molecule has 0 fully saturated rings. The van der Waals surface area contributed by atoms with Crippen molar-refractivity contribution in [3.8, 4) is 5.75 Å². The van der Waals surface area contributed by atoms with Gasteiger partial charge in [-0.1, -0.05) is 31.5 Å². The summed E-state index contributed by atoms with van der Waals surface area (Å²) >= 11 is 5.80. The summed E-state index contributed by atoms with van der Waals surface area (Å²) in [6.45, 7) is 4.46. The molecular formula is C11H15ClO2. The monoisotopic (exact) mass is 214 g/mol. The first kappa shape index (κ1) is 11.3. The van der Waals surface area contributed by atoms with Crippen LogP contribution in [0.3, 0.4) is 0 Å². The van der Waals surface area contributed by atoms with E-state index >= 15 is 0 Å². The van der Waals surface area contributed by atoms with Gasteiger partial charge in [0, 0.05) is 10.4 Å². The summed E-state index contributed by atoms with van der Waals surface area (Å²) in [4.78, 5) is 0. The number of rotatable bonds is 4. The van der Waals surface area contributed by atoms with E-state index in [0.717, 1.165) is 5.75 Å². The molecule has 1 rings (SSSR count). The molecule has 0 radical (unpaired) electrons. The first-order valence-electron chi connectivity index (χ1n) is 4.53. The lowest BCUT2D eigenvalue weighted by molar-refractivity contribution is 0.0976. The highest BCUT2D eigenvalue weighted by Gasteiger charge is 2.17. The van der Waals surface area contributed by atoms with Gasteiger partial charge < -0.3 is 9.84 Å². The number of hydrogen-bond acceptors (Lipinski definition) is 2. The highest BCUT2D eigenvalue weighted by molar-refractivity contribution is 6.30. The van der Waals surface area contributed by atoms with Gasteiger partial charge in [-0.15, -0.1) is 0 Å². The second-order valence-corrected chi connectivity index (χ2v) is 4.50. The minimum atomic E-state index is -0.220. The second kappa shape index (κ2) is 4.67. The number of ether oxygens (including phenoxy) is 1. The fourth-order valence-corrected chi connectivity index (χ4v) is 1.06. The summed E-state index contributed by atoms with van der Waals surface area (Å²) in [5, 5.41) is 9.68. The van der Waals surface area contributed by atoms with E-state index in [0.29, 0.717) is 11.6 Å². The van der Waals surface area contributed by atoms with E-state index in [2.05, 4.69) is 0 Å². The number of aliphatic hydroxyl groups is 1. The van der Waals surface area contributed by atoms with Crippen LogP contribution in [-0.2, 0) is 0 Å². The van der Waals surface area contributed by atoms with Crippen LogP contribution in [0.4, 0.5) is 0 Å². The molecule has 0 aliphatic carbocycles. The number of halogens is 1. The highest BCUT2D eigenvalue weighted by atomic mass is 35.5. The van der Waals surface area contributed by atoms with Gasteiger partial charge >= 0.3 is 0 Å². The molecule has 0 saturated carbocycles. The van der Waals surface area contributed by atoms with Crippen LogP contribution in [-0.4, -0.2) is 18.3 Å². The first-order valence-corrected chi connectivity index (χ1v) is 4.90. The average Bonchev–Trinajstić information content (AvgIpc) is 2.15. The molecule has 0 atom stereocenters. The molecule has 0 aliphatic rings. The highest BCUT2D eigenvalue weighted by Crippen LogP contribution is 2.20. The molecule has 1 aromatic carbocycles. The normalized spacial score (nSPS) is 11.4. The van der Waals surface area contributed by atoms with Gasteiger partial charge in [0.25, 0.3) is 0 Å². The van der Waals surface area contributed by atoms with Crippen molar-refractivity contribution in [2.75, 3.05) is 13.2 Å². The molecule has 2 nitrogen and oxygen atoms in total. The van der Waals surface area contributed by atoms with Gasteiger partial charge in [0.2, 0.25) is 0 Å². The van der Waals surface area contributed by atoms with Crippen molar-refractivity contribution in [1.82, 2.24) is 0 Å². The van der Waals surface area contributed by atoms with Crippen molar-refractivity contribution in [3.63, 3.8) is 0 Å². The summed E-state index contributed by atoms with van der Waals surface area (Å²) < 4.78 is 5.50. The maximum atomic E-state index is 9.02. The Kier molecular flexibility index (Phi) is 3.78. The zero-order chi connectivity index (χ0) is 10.6. The molecule has 1 N–H and O–H groups in total. The minimum Gasteiger partial charge on any atom is -0.493 e. The molecule has 3 heteroatoms. The van der Waals surface area contributed by atoms with Crippen LogP contribution in [0.5, 0.6) is 5.75 Å². The molecule has 1 aromatic rings. The first-order chi connectivity index (χ1) is 6.53. The van der Waals surface area contributed by atoms with Gasteiger partial charge in [-0.2, -0.15) is 0 Å². The molecule has 0 spiro atoms. The van der Waals surface area contributed by atoms with E-state index in [1.807, 2.05) is 26.0 Å². The standard InChI is InChI=1S/C11H15ClO2/c1-11(2,7-13)8-14-10-5-3-4-9(12)6-10/h3-6,13H,7-8H2,1-2H3. The lowest BCUT2D eigenvalue weighted by Gasteiger charge is -2.21. The third-order valence-electron chi connectivity index (χ3n) is 1.85. The second-order valence-electron chi connectivity index (χ2n) is 4.07. The van der Waals surface area contributed by atoms with Crippen molar-refractivity contribution in [2.24, 2.45) is 5.41 Å². The van der Waals surface area contributed by atoms with Crippen LogP contribution in [0.2, 0.25) is 5.02 Å². The van der Waals surface area contributed by atoms with E-state index in [-0.39, 0.29) is 12.0 Å². The Labute approximate surface area is 89.5 Å². The van der Waals surface area contributed by atoms with Crippen LogP contribution in [0, 0.1) is 5.41 Å². The molecule has 0 aliphatic heterocycles. The summed E-state index contributed by atoms with van der Waals surface area (Å²) in [6, 6.07) is 7.24. The van der Waals surface area contributed by atoms with Crippen LogP contribution >= 0.6 is 11.6 Å². The summed E-state index contributed by atoms with van der Waals surface area (Å²) in [7, 11) is 0. The van der Waals surface area contributed by atoms with Gasteiger partial charge in [0.1, 0.15) is 5.75 Å². The lowest BCUT2D eigenvalue weighted by atomic mass is 9.97. The molecule has 0 heterocycles. The smallest absolute Gasteiger partial charge is 0.120 e. The summed E-state index contributed by atoms with van der Waals surface area (Å²) in [6.07, 6.45) is 0. The fraction of sp³-hybridized carbons (Fsp3) is 0.455. The summed E-state index contributed by atoms with van der Waals surface area (Å²) in [5.41, 5.74) is -0.220. The molecular weight excluding hydrogens is 200 g/mol. The zero-order valence-electron chi connectivity index (χ0n) is 8.46. The van der Waals surface area contributed by atoms with E-state index in [1.165, 1.54) is 0 Å². The lowest BCUT2D eigenvalue weighted by Crippen LogP contribution is -2.25. The van der Waals surface area contributed by atoms with Gasteiger partial charge in [-0.05, 0) is 18.2 Å². The predicted octanol–water partition coefficient (Wildman–Crippen LogP) is 2.74. The Balaban J connectivity index is 2.54. The van der Waals surface area contributed by atoms with Crippen molar-refractivity contribution in [2.45, 2.75) is 13.8 Å². The number of benzene rings is 1. The van der Waals surface area contributed by atoms with Gasteiger partial charge in [0.15, 0.2) is 0 Å². The fourth-order valence-electron chi connectivity index (χ4n) is 0.881. The Morgan fingerprint density at radius 2 is 2.14 bits per heavy atom. The van der Waals surface area contributed by atoms with E-state index in [4.69, 9.17) is 21.4 Å². The Morgan fingerprint density at radius 3 is 2.71 bits per heavy atom. The van der Waals surface area contributed by atoms with Crippen molar-refractivity contribution < 1.29 is 9.84 Å². The molecule has 0 bridgehead atoms. The Bertz CT molecular complexity index is 297. The van der Waals surface area contributed by atoms with Crippen molar-refractivity contribution in [3.05, 3.63) is 29.3 Å². The number of hydrogen-bond donors (Lipinski definition) is 1. The van der Waals surface area contributed by atoms with Crippen molar-refractivity contribution in [1.29, 1.82) is 0 Å². The number of aliphatic hydroxyl groups excluding tert-OH is 1. The third-order valence-corrected chi connectivity index (χ3v) is 2.09. The van der Waals surface area contributed by atoms with E-state index < -0.39 is 0 Å². The molecule has 14 heavy (non-hydrogen) atoms. The van der Waals surface area contributed by atoms with E-state index in [9.17, 15) is 0 Å². The minimum absolute atomic E-state index is 0.105. The largest absolute Gasteiger partial charge is 0.493 e. The van der Waals surface area contributed by atoms with Gasteiger partial charge in [-0.3, -0.25) is 0 Å². The van der Waals surface area contributed by atoms with Crippen molar-refractivity contribution >= 4 is 11.6 Å². The van der Waals surface area contributed by atoms with Crippen LogP contribution in [0.1, 0.15) is 13.8 Å². The summed E-state index contributed by atoms with van der Waals surface area (Å²) in [5.74, 6) is 0.735. The quantitative estimate of drug-likeness (QED) is 0.835. The Morgan fingerprint density at radius 1 is 1.43 bits per heavy atom. The molecule has 0 aromatic heterocycles. The van der Waals surface area contributed by atoms with Crippen LogP contribution < -0.4 is 4.74 Å². The molecule has 0 saturated heterocycles. The average molecular weight is 215 g/mol. The topological polar surface area (TPSA) is 29.5 Å². The maximum absolute atomic E-state index is 9.02.